The fourth-order valence-electron chi connectivity index (χ4n) is 2.00. The number of nitrogens with one attached hydrogen (secondary N) is 1. The molecule has 0 bridgehead atoms. The van der Waals surface area contributed by atoms with Crippen LogP contribution in [-0.2, 0) is 20.1 Å². The van der Waals surface area contributed by atoms with Gasteiger partial charge in [-0.15, -0.1) is 0 Å². The van der Waals surface area contributed by atoms with E-state index in [4.69, 9.17) is 0 Å². The topological polar surface area (TPSA) is 110 Å². The van der Waals surface area contributed by atoms with E-state index in [0.29, 0.717) is 6.42 Å². The van der Waals surface area contributed by atoms with Crippen LogP contribution < -0.4 is 9.50 Å². The molecule has 1 aliphatic heterocycles. The summed E-state index contributed by atoms with van der Waals surface area (Å²) >= 11 is 0. The Morgan fingerprint density at radius 3 is 2.50 bits per heavy atom. The van der Waals surface area contributed by atoms with Gasteiger partial charge in [0.2, 0.25) is 0 Å². The van der Waals surface area contributed by atoms with Gasteiger partial charge in [-0.2, -0.15) is 8.42 Å². The van der Waals surface area contributed by atoms with E-state index in [1.165, 1.54) is 30.4 Å². The van der Waals surface area contributed by atoms with Crippen LogP contribution in [0, 0.1) is 0 Å². The van der Waals surface area contributed by atoms with Gasteiger partial charge in [-0.3, -0.25) is 19.3 Å². The van der Waals surface area contributed by atoms with Crippen molar-refractivity contribution in [1.29, 1.82) is 0 Å². The Kier molecular flexibility index (Phi) is 5.29. The second kappa shape index (κ2) is 7.21. The zero-order chi connectivity index (χ0) is 17.7. The monoisotopic (exact) mass is 356 g/mol. The molecule has 1 aromatic rings. The van der Waals surface area contributed by atoms with Gasteiger partial charge in [0.05, 0.1) is 0 Å². The molecule has 0 saturated heterocycles. The number of imide groups is 1. The fraction of sp³-hybridized carbons (Fsp3) is 0.214. The third kappa shape index (κ3) is 4.88. The number of nitrogens with zero attached hydrogens (tertiary/aromatic N) is 1. The molecular formula is C14H13FN2O6S. The Morgan fingerprint density at radius 2 is 1.88 bits per heavy atom. The molecule has 24 heavy (non-hydrogen) atoms. The second-order valence-electron chi connectivity index (χ2n) is 4.78. The highest BCUT2D eigenvalue weighted by atomic mass is 32.3. The van der Waals surface area contributed by atoms with Gasteiger partial charge in [0, 0.05) is 30.8 Å². The Balaban J connectivity index is 1.83. The molecule has 10 heteroatoms. The first-order chi connectivity index (χ1) is 11.3. The minimum atomic E-state index is -5.17. The van der Waals surface area contributed by atoms with Crippen molar-refractivity contribution >= 4 is 28.2 Å². The molecule has 128 valence electrons. The van der Waals surface area contributed by atoms with Crippen molar-refractivity contribution < 1.29 is 30.9 Å². The van der Waals surface area contributed by atoms with E-state index >= 15 is 0 Å². The number of carbonyl (C=O) groups excluding carboxylic acids is 3. The highest BCUT2D eigenvalue weighted by Gasteiger charge is 2.22. The van der Waals surface area contributed by atoms with Crippen molar-refractivity contribution in [3.63, 3.8) is 0 Å². The molecule has 1 aliphatic rings. The van der Waals surface area contributed by atoms with Crippen LogP contribution in [0.3, 0.4) is 0 Å². The van der Waals surface area contributed by atoms with Gasteiger partial charge in [-0.05, 0) is 24.6 Å². The summed E-state index contributed by atoms with van der Waals surface area (Å²) in [5, 5.41) is 2.54. The van der Waals surface area contributed by atoms with Gasteiger partial charge in [-0.1, -0.05) is 9.95 Å². The van der Waals surface area contributed by atoms with Crippen LogP contribution in [0.15, 0.2) is 36.4 Å². The van der Waals surface area contributed by atoms with Gasteiger partial charge in [0.1, 0.15) is 5.75 Å². The summed E-state index contributed by atoms with van der Waals surface area (Å²) in [4.78, 5) is 35.6. The quantitative estimate of drug-likeness (QED) is 0.428. The molecule has 0 spiro atoms. The number of benzene rings is 1. The number of halogens is 1. The number of amides is 3. The van der Waals surface area contributed by atoms with Crippen LogP contribution in [0.2, 0.25) is 0 Å². The van der Waals surface area contributed by atoms with Gasteiger partial charge < -0.3 is 9.50 Å². The van der Waals surface area contributed by atoms with Crippen molar-refractivity contribution in [3.8, 4) is 5.75 Å². The summed E-state index contributed by atoms with van der Waals surface area (Å²) in [7, 11) is -5.17. The van der Waals surface area contributed by atoms with Crippen molar-refractivity contribution in [1.82, 2.24) is 10.2 Å². The van der Waals surface area contributed by atoms with Gasteiger partial charge in [0.15, 0.2) is 0 Å². The average Bonchev–Trinajstić information content (AvgIpc) is 2.81. The van der Waals surface area contributed by atoms with Gasteiger partial charge >= 0.3 is 10.5 Å². The maximum absolute atomic E-state index is 12.5. The van der Waals surface area contributed by atoms with Crippen molar-refractivity contribution in [2.45, 2.75) is 6.42 Å². The van der Waals surface area contributed by atoms with Gasteiger partial charge in [-0.25, -0.2) is 0 Å². The lowest BCUT2D eigenvalue weighted by Gasteiger charge is -2.13. The average molecular weight is 356 g/mol. The molecule has 1 heterocycles. The van der Waals surface area contributed by atoms with E-state index in [1.54, 1.807) is 0 Å². The second-order valence-corrected chi connectivity index (χ2v) is 5.73. The van der Waals surface area contributed by atoms with Gasteiger partial charge in [0.25, 0.3) is 17.7 Å². The first kappa shape index (κ1) is 17.6. The SMILES string of the molecule is O=C(NCCCN1C(=O)C=CC1=O)c1cccc(OS(=O)(=O)F)c1. The summed E-state index contributed by atoms with van der Waals surface area (Å²) in [6.45, 7) is 0.344. The van der Waals surface area contributed by atoms with Crippen LogP contribution in [0.1, 0.15) is 16.8 Å². The Hall–Kier alpha value is -2.75. The lowest BCUT2D eigenvalue weighted by atomic mass is 10.2. The van der Waals surface area contributed by atoms with E-state index < -0.39 is 28.2 Å². The van der Waals surface area contributed by atoms with Crippen LogP contribution in [0.25, 0.3) is 0 Å². The molecule has 0 saturated carbocycles. The molecule has 3 amide bonds. The number of rotatable bonds is 7. The summed E-state index contributed by atoms with van der Waals surface area (Å²) in [5.41, 5.74) is 0.0751. The van der Waals surface area contributed by atoms with E-state index in [-0.39, 0.29) is 24.4 Å². The van der Waals surface area contributed by atoms with Crippen LogP contribution in [0.5, 0.6) is 5.75 Å². The summed E-state index contributed by atoms with van der Waals surface area (Å²) in [6.07, 6.45) is 2.69. The predicted molar refractivity (Wildman–Crippen MR) is 79.9 cm³/mol. The Bertz CT molecular complexity index is 787. The normalized spacial score (nSPS) is 14.1. The van der Waals surface area contributed by atoms with E-state index in [2.05, 4.69) is 9.50 Å². The number of hydrogen-bond acceptors (Lipinski definition) is 6. The van der Waals surface area contributed by atoms with E-state index in [9.17, 15) is 26.7 Å². The largest absolute Gasteiger partial charge is 0.488 e. The minimum Gasteiger partial charge on any atom is -0.358 e. The lowest BCUT2D eigenvalue weighted by Crippen LogP contribution is -2.33. The Morgan fingerprint density at radius 1 is 1.21 bits per heavy atom. The summed E-state index contributed by atoms with van der Waals surface area (Å²) in [5.74, 6) is -1.66. The molecule has 0 radical (unpaired) electrons. The predicted octanol–water partition coefficient (Wildman–Crippen LogP) is 0.325. The first-order valence-corrected chi connectivity index (χ1v) is 8.13. The molecule has 0 aliphatic carbocycles. The molecule has 1 N–H and O–H groups in total. The standard InChI is InChI=1S/C14H13FN2O6S/c15-24(21,22)23-11-4-1-3-10(9-11)14(20)16-7-2-8-17-12(18)5-6-13(17)19/h1,3-6,9H,2,7-8H2,(H,16,20). The fourth-order valence-corrected chi connectivity index (χ4v) is 2.33. The summed E-state index contributed by atoms with van der Waals surface area (Å²) in [6, 6.07) is 4.99. The van der Waals surface area contributed by atoms with Crippen LogP contribution in [-0.4, -0.2) is 44.1 Å². The van der Waals surface area contributed by atoms with Crippen molar-refractivity contribution in [2.75, 3.05) is 13.1 Å². The third-order valence-electron chi connectivity index (χ3n) is 3.04. The molecule has 0 fully saturated rings. The lowest BCUT2D eigenvalue weighted by molar-refractivity contribution is -0.136. The highest BCUT2D eigenvalue weighted by molar-refractivity contribution is 7.81. The molecular weight excluding hydrogens is 343 g/mol. The number of hydrogen-bond donors (Lipinski definition) is 1. The smallest absolute Gasteiger partial charge is 0.358 e. The summed E-state index contributed by atoms with van der Waals surface area (Å²) < 4.78 is 37.3. The molecule has 8 nitrogen and oxygen atoms in total. The Labute approximate surface area is 137 Å². The van der Waals surface area contributed by atoms with Crippen LogP contribution >= 0.6 is 0 Å². The zero-order valence-corrected chi connectivity index (χ0v) is 13.1. The maximum atomic E-state index is 12.5. The maximum Gasteiger partial charge on any atom is 0.488 e. The third-order valence-corrected chi connectivity index (χ3v) is 3.43. The first-order valence-electron chi connectivity index (χ1n) is 6.82. The molecule has 1 aromatic carbocycles. The molecule has 0 unspecified atom stereocenters. The van der Waals surface area contributed by atoms with E-state index in [1.807, 2.05) is 0 Å². The van der Waals surface area contributed by atoms with E-state index in [0.717, 1.165) is 11.0 Å². The molecule has 0 atom stereocenters. The number of carbonyl (C=O) groups is 3. The van der Waals surface area contributed by atoms with Crippen LogP contribution in [0.4, 0.5) is 3.89 Å². The highest BCUT2D eigenvalue weighted by Crippen LogP contribution is 2.16. The minimum absolute atomic E-state index is 0.0751. The molecule has 2 rings (SSSR count). The van der Waals surface area contributed by atoms with Crippen molar-refractivity contribution in [2.24, 2.45) is 0 Å². The molecule has 0 aromatic heterocycles. The zero-order valence-electron chi connectivity index (χ0n) is 12.3. The van der Waals surface area contributed by atoms with Crippen molar-refractivity contribution in [3.05, 3.63) is 42.0 Å².